The number of aryl methyl sites for hydroxylation is 1. The van der Waals surface area contributed by atoms with Gasteiger partial charge < -0.3 is 19.7 Å². The molecule has 0 fully saturated rings. The highest BCUT2D eigenvalue weighted by atomic mass is 16.5. The Bertz CT molecular complexity index is 927. The summed E-state index contributed by atoms with van der Waals surface area (Å²) in [5, 5.41) is 14.4. The van der Waals surface area contributed by atoms with Gasteiger partial charge in [-0.2, -0.15) is 0 Å². The van der Waals surface area contributed by atoms with Gasteiger partial charge in [-0.1, -0.05) is 18.2 Å². The Labute approximate surface area is 133 Å². The zero-order valence-corrected chi connectivity index (χ0v) is 12.9. The van der Waals surface area contributed by atoms with Gasteiger partial charge in [-0.15, -0.1) is 0 Å². The summed E-state index contributed by atoms with van der Waals surface area (Å²) in [7, 11) is 3.61. The average molecular weight is 307 g/mol. The van der Waals surface area contributed by atoms with Crippen molar-refractivity contribution < 1.29 is 9.84 Å². The number of aliphatic hydroxyl groups excluding tert-OH is 1. The highest BCUT2D eigenvalue weighted by molar-refractivity contribution is 6.01. The molecule has 2 N–H and O–H groups in total. The minimum atomic E-state index is -0.717. The van der Waals surface area contributed by atoms with Crippen molar-refractivity contribution in [2.45, 2.75) is 6.23 Å². The van der Waals surface area contributed by atoms with Crippen molar-refractivity contribution in [3.05, 3.63) is 53.9 Å². The molecule has 2 aromatic heterocycles. The summed E-state index contributed by atoms with van der Waals surface area (Å²) < 4.78 is 7.44. The van der Waals surface area contributed by atoms with Gasteiger partial charge in [-0.25, -0.2) is 4.98 Å². The number of ether oxygens (including phenoxy) is 1. The number of para-hydroxylation sites is 1. The van der Waals surface area contributed by atoms with Crippen LogP contribution in [0, 0.1) is 0 Å². The number of aromatic nitrogens is 2. The van der Waals surface area contributed by atoms with Gasteiger partial charge in [0.05, 0.1) is 18.0 Å². The highest BCUT2D eigenvalue weighted by Gasteiger charge is 2.24. The number of aliphatic hydroxyl groups is 1. The molecule has 0 saturated carbocycles. The van der Waals surface area contributed by atoms with Gasteiger partial charge in [0.1, 0.15) is 0 Å². The second-order valence-corrected chi connectivity index (χ2v) is 5.60. The summed E-state index contributed by atoms with van der Waals surface area (Å²) in [4.78, 5) is 4.29. The molecule has 5 heteroatoms. The van der Waals surface area contributed by atoms with Gasteiger partial charge in [0.15, 0.2) is 6.23 Å². The van der Waals surface area contributed by atoms with E-state index < -0.39 is 6.23 Å². The largest absolute Gasteiger partial charge is 0.480 e. The maximum absolute atomic E-state index is 10.3. The standard InChI is InChI=1S/C18H17N3O2/c1-21-10-11(16-15(21)7-8-19-18(16)23-2)9-13-12-5-3-4-6-14(12)20-17(13)22/h3-10,17,20,22H,1-2H3. The van der Waals surface area contributed by atoms with E-state index in [1.165, 1.54) is 0 Å². The van der Waals surface area contributed by atoms with Gasteiger partial charge in [-0.05, 0) is 18.2 Å². The summed E-state index contributed by atoms with van der Waals surface area (Å²) in [5.41, 5.74) is 4.81. The lowest BCUT2D eigenvalue weighted by atomic mass is 10.0. The lowest BCUT2D eigenvalue weighted by molar-refractivity contribution is 0.266. The third-order valence-electron chi connectivity index (χ3n) is 4.22. The van der Waals surface area contributed by atoms with Gasteiger partial charge in [0, 0.05) is 41.8 Å². The quantitative estimate of drug-likeness (QED) is 0.764. The number of fused-ring (bicyclic) bond motifs is 2. The molecule has 116 valence electrons. The molecule has 3 aromatic rings. The molecule has 5 nitrogen and oxygen atoms in total. The third-order valence-corrected chi connectivity index (χ3v) is 4.22. The number of nitrogens with zero attached hydrogens (tertiary/aromatic N) is 2. The Morgan fingerprint density at radius 3 is 2.96 bits per heavy atom. The molecule has 0 radical (unpaired) electrons. The number of rotatable bonds is 2. The molecule has 0 saturated heterocycles. The number of nitrogens with one attached hydrogen (secondary N) is 1. The summed E-state index contributed by atoms with van der Waals surface area (Å²) in [6.45, 7) is 0. The van der Waals surface area contributed by atoms with Crippen molar-refractivity contribution in [2.75, 3.05) is 12.4 Å². The number of benzene rings is 1. The predicted octanol–water partition coefficient (Wildman–Crippen LogP) is 2.87. The van der Waals surface area contributed by atoms with Gasteiger partial charge in [0.2, 0.25) is 5.88 Å². The van der Waals surface area contributed by atoms with Crippen LogP contribution in [0.1, 0.15) is 11.1 Å². The van der Waals surface area contributed by atoms with Crippen LogP contribution in [0.15, 0.2) is 42.7 Å². The van der Waals surface area contributed by atoms with Gasteiger partial charge in [0.25, 0.3) is 0 Å². The summed E-state index contributed by atoms with van der Waals surface area (Å²) in [6.07, 6.45) is 5.04. The van der Waals surface area contributed by atoms with E-state index in [-0.39, 0.29) is 0 Å². The molecular weight excluding hydrogens is 290 g/mol. The van der Waals surface area contributed by atoms with E-state index in [1.807, 2.05) is 54.2 Å². The number of methoxy groups -OCH3 is 1. The average Bonchev–Trinajstić information content (AvgIpc) is 3.06. The van der Waals surface area contributed by atoms with Crippen LogP contribution in [0.2, 0.25) is 0 Å². The van der Waals surface area contributed by atoms with Crippen LogP contribution < -0.4 is 10.1 Å². The normalized spacial score (nSPS) is 18.2. The van der Waals surface area contributed by atoms with Crippen LogP contribution in [0.3, 0.4) is 0 Å². The second-order valence-electron chi connectivity index (χ2n) is 5.60. The molecule has 0 bridgehead atoms. The van der Waals surface area contributed by atoms with Crippen molar-refractivity contribution >= 4 is 28.2 Å². The molecule has 0 amide bonds. The summed E-state index contributed by atoms with van der Waals surface area (Å²) in [5.74, 6) is 0.587. The van der Waals surface area contributed by atoms with Crippen molar-refractivity contribution in [1.29, 1.82) is 0 Å². The molecule has 4 rings (SSSR count). The molecule has 1 aliphatic rings. The molecule has 1 aromatic carbocycles. The Morgan fingerprint density at radius 1 is 1.30 bits per heavy atom. The number of hydrogen-bond donors (Lipinski definition) is 2. The highest BCUT2D eigenvalue weighted by Crippen LogP contribution is 2.37. The maximum Gasteiger partial charge on any atom is 0.223 e. The Kier molecular flexibility index (Phi) is 3.09. The molecular formula is C18H17N3O2. The van der Waals surface area contributed by atoms with E-state index in [0.717, 1.165) is 33.3 Å². The fourth-order valence-corrected chi connectivity index (χ4v) is 3.16. The Balaban J connectivity index is 1.94. The van der Waals surface area contributed by atoms with Crippen LogP contribution in [0.5, 0.6) is 5.88 Å². The zero-order chi connectivity index (χ0) is 16.0. The topological polar surface area (TPSA) is 59.3 Å². The third kappa shape index (κ3) is 2.09. The lowest BCUT2D eigenvalue weighted by Crippen LogP contribution is -2.12. The molecule has 23 heavy (non-hydrogen) atoms. The summed E-state index contributed by atoms with van der Waals surface area (Å²) in [6, 6.07) is 9.84. The predicted molar refractivity (Wildman–Crippen MR) is 91.2 cm³/mol. The smallest absolute Gasteiger partial charge is 0.223 e. The zero-order valence-electron chi connectivity index (χ0n) is 12.9. The van der Waals surface area contributed by atoms with Gasteiger partial charge in [-0.3, -0.25) is 0 Å². The lowest BCUT2D eigenvalue weighted by Gasteiger charge is -2.06. The Hall–Kier alpha value is -2.79. The minimum absolute atomic E-state index is 0.587. The summed E-state index contributed by atoms with van der Waals surface area (Å²) >= 11 is 0. The van der Waals surface area contributed by atoms with Crippen molar-refractivity contribution in [1.82, 2.24) is 9.55 Å². The maximum atomic E-state index is 10.3. The van der Waals surface area contributed by atoms with Gasteiger partial charge >= 0.3 is 0 Å². The molecule has 1 aliphatic heterocycles. The molecule has 0 aliphatic carbocycles. The first-order valence-corrected chi connectivity index (χ1v) is 7.42. The minimum Gasteiger partial charge on any atom is -0.480 e. The first kappa shape index (κ1) is 13.8. The van der Waals surface area contributed by atoms with Crippen LogP contribution >= 0.6 is 0 Å². The molecule has 0 spiro atoms. The van der Waals surface area contributed by atoms with E-state index >= 15 is 0 Å². The van der Waals surface area contributed by atoms with E-state index in [2.05, 4.69) is 10.3 Å². The number of hydrogen-bond acceptors (Lipinski definition) is 4. The Morgan fingerprint density at radius 2 is 2.13 bits per heavy atom. The fourth-order valence-electron chi connectivity index (χ4n) is 3.16. The number of pyridine rings is 1. The monoisotopic (exact) mass is 307 g/mol. The van der Waals surface area contributed by atoms with Crippen LogP contribution in [0.25, 0.3) is 22.6 Å². The SMILES string of the molecule is COc1nccc2c1c(C=C1c3ccccc3NC1O)cn2C. The van der Waals surface area contributed by atoms with Crippen molar-refractivity contribution in [3.63, 3.8) is 0 Å². The molecule has 3 heterocycles. The first-order chi connectivity index (χ1) is 11.2. The second kappa shape index (κ2) is 5.14. The van der Waals surface area contributed by atoms with E-state index in [1.54, 1.807) is 13.3 Å². The first-order valence-electron chi connectivity index (χ1n) is 7.42. The van der Waals surface area contributed by atoms with Crippen molar-refractivity contribution in [2.24, 2.45) is 7.05 Å². The van der Waals surface area contributed by atoms with E-state index in [9.17, 15) is 5.11 Å². The van der Waals surface area contributed by atoms with Crippen LogP contribution in [0.4, 0.5) is 5.69 Å². The van der Waals surface area contributed by atoms with E-state index in [0.29, 0.717) is 5.88 Å². The molecule has 1 atom stereocenters. The van der Waals surface area contributed by atoms with Crippen molar-refractivity contribution in [3.8, 4) is 5.88 Å². The van der Waals surface area contributed by atoms with Crippen LogP contribution in [-0.4, -0.2) is 28.0 Å². The van der Waals surface area contributed by atoms with Crippen LogP contribution in [-0.2, 0) is 7.05 Å². The van der Waals surface area contributed by atoms with E-state index in [4.69, 9.17) is 4.74 Å². The number of anilines is 1. The fraction of sp³-hybridized carbons (Fsp3) is 0.167. The molecule has 1 unspecified atom stereocenters.